The van der Waals surface area contributed by atoms with Crippen LogP contribution in [0.2, 0.25) is 0 Å². The summed E-state index contributed by atoms with van der Waals surface area (Å²) in [5, 5.41) is 0. The fourth-order valence-corrected chi connectivity index (χ4v) is 2.98. The summed E-state index contributed by atoms with van der Waals surface area (Å²) in [7, 11) is -3.68. The minimum atomic E-state index is -3.68. The number of nitrogens with zero attached hydrogens (tertiary/aromatic N) is 2. The van der Waals surface area contributed by atoms with Crippen molar-refractivity contribution in [2.75, 3.05) is 13.2 Å². The first-order valence-electron chi connectivity index (χ1n) is 6.90. The van der Waals surface area contributed by atoms with Crippen LogP contribution in [0.15, 0.2) is 41.8 Å². The maximum absolute atomic E-state index is 13.5. The molecular formula is C14H18FN3O3S. The molecule has 1 aromatic heterocycles. The van der Waals surface area contributed by atoms with E-state index in [9.17, 15) is 12.8 Å². The van der Waals surface area contributed by atoms with E-state index in [0.717, 1.165) is 6.07 Å². The average Bonchev–Trinajstić information content (AvgIpc) is 2.99. The highest BCUT2D eigenvalue weighted by Gasteiger charge is 2.16. The van der Waals surface area contributed by atoms with Crippen molar-refractivity contribution in [3.05, 3.63) is 42.7 Å². The summed E-state index contributed by atoms with van der Waals surface area (Å²) in [6, 6.07) is 3.50. The molecule has 2 aromatic rings. The Morgan fingerprint density at radius 1 is 1.41 bits per heavy atom. The van der Waals surface area contributed by atoms with E-state index in [1.807, 2.05) is 10.8 Å². The number of nitrogens with one attached hydrogen (secondary N) is 1. The average molecular weight is 327 g/mol. The highest BCUT2D eigenvalue weighted by Crippen LogP contribution is 2.21. The van der Waals surface area contributed by atoms with Gasteiger partial charge in [0, 0.05) is 31.5 Å². The van der Waals surface area contributed by atoms with E-state index in [-0.39, 0.29) is 23.8 Å². The molecule has 0 aliphatic carbocycles. The minimum absolute atomic E-state index is 0.0139. The molecule has 1 heterocycles. The van der Waals surface area contributed by atoms with Crippen molar-refractivity contribution in [1.82, 2.24) is 14.3 Å². The summed E-state index contributed by atoms with van der Waals surface area (Å²) in [5.74, 6) is -0.648. The Balaban J connectivity index is 1.96. The van der Waals surface area contributed by atoms with E-state index in [1.54, 1.807) is 19.4 Å². The van der Waals surface area contributed by atoms with E-state index in [0.29, 0.717) is 13.0 Å². The van der Waals surface area contributed by atoms with Gasteiger partial charge in [0.25, 0.3) is 0 Å². The molecule has 8 heteroatoms. The van der Waals surface area contributed by atoms with Crippen LogP contribution in [0.1, 0.15) is 13.3 Å². The Morgan fingerprint density at radius 3 is 2.91 bits per heavy atom. The second-order valence-corrected chi connectivity index (χ2v) is 6.34. The molecule has 0 saturated carbocycles. The second kappa shape index (κ2) is 7.37. The van der Waals surface area contributed by atoms with Crippen LogP contribution < -0.4 is 9.46 Å². The fourth-order valence-electron chi connectivity index (χ4n) is 1.89. The Morgan fingerprint density at radius 2 is 2.23 bits per heavy atom. The number of hydrogen-bond donors (Lipinski definition) is 1. The zero-order valence-corrected chi connectivity index (χ0v) is 13.0. The van der Waals surface area contributed by atoms with Crippen LogP contribution in [0.3, 0.4) is 0 Å². The summed E-state index contributed by atoms with van der Waals surface area (Å²) < 4.78 is 47.2. The lowest BCUT2D eigenvalue weighted by molar-refractivity contribution is 0.320. The van der Waals surface area contributed by atoms with E-state index in [4.69, 9.17) is 4.74 Å². The number of aromatic nitrogens is 2. The summed E-state index contributed by atoms with van der Waals surface area (Å²) in [6.45, 7) is 2.91. The summed E-state index contributed by atoms with van der Waals surface area (Å²) in [6.07, 6.45) is 5.76. The van der Waals surface area contributed by atoms with Gasteiger partial charge in [0.15, 0.2) is 11.6 Å². The Labute approximate surface area is 129 Å². The predicted molar refractivity (Wildman–Crippen MR) is 79.6 cm³/mol. The molecular weight excluding hydrogens is 309 g/mol. The van der Waals surface area contributed by atoms with Gasteiger partial charge in [-0.3, -0.25) is 0 Å². The zero-order valence-electron chi connectivity index (χ0n) is 12.2. The molecule has 0 unspecified atom stereocenters. The molecule has 0 radical (unpaired) electrons. The molecule has 0 aliphatic rings. The minimum Gasteiger partial charge on any atom is -0.491 e. The van der Waals surface area contributed by atoms with Gasteiger partial charge in [-0.25, -0.2) is 22.5 Å². The second-order valence-electron chi connectivity index (χ2n) is 4.58. The molecule has 6 nitrogen and oxygen atoms in total. The van der Waals surface area contributed by atoms with Crippen LogP contribution in [0.25, 0.3) is 0 Å². The number of benzene rings is 1. The molecule has 1 aromatic carbocycles. The van der Waals surface area contributed by atoms with E-state index >= 15 is 0 Å². The number of hydrogen-bond acceptors (Lipinski definition) is 4. The lowest BCUT2D eigenvalue weighted by atomic mass is 10.3. The van der Waals surface area contributed by atoms with Crippen LogP contribution in [-0.4, -0.2) is 31.1 Å². The van der Waals surface area contributed by atoms with Gasteiger partial charge >= 0.3 is 0 Å². The molecule has 0 fully saturated rings. The molecule has 0 spiro atoms. The lowest BCUT2D eigenvalue weighted by Crippen LogP contribution is -2.25. The van der Waals surface area contributed by atoms with Gasteiger partial charge in [-0.15, -0.1) is 0 Å². The number of rotatable bonds is 8. The molecule has 0 atom stereocenters. The van der Waals surface area contributed by atoms with Crippen LogP contribution in [0.4, 0.5) is 4.39 Å². The number of ether oxygens (including phenoxy) is 1. The third-order valence-electron chi connectivity index (χ3n) is 2.96. The Kier molecular flexibility index (Phi) is 5.51. The van der Waals surface area contributed by atoms with Crippen molar-refractivity contribution >= 4 is 10.0 Å². The van der Waals surface area contributed by atoms with Crippen molar-refractivity contribution < 1.29 is 17.5 Å². The Bertz CT molecular complexity index is 702. The molecule has 120 valence electrons. The van der Waals surface area contributed by atoms with E-state index in [2.05, 4.69) is 9.71 Å². The van der Waals surface area contributed by atoms with Crippen molar-refractivity contribution in [2.24, 2.45) is 0 Å². The highest BCUT2D eigenvalue weighted by molar-refractivity contribution is 7.89. The normalized spacial score (nSPS) is 11.5. The predicted octanol–water partition coefficient (Wildman–Crippen LogP) is 1.79. The van der Waals surface area contributed by atoms with Gasteiger partial charge < -0.3 is 9.30 Å². The van der Waals surface area contributed by atoms with E-state index in [1.165, 1.54) is 12.1 Å². The molecule has 0 saturated heterocycles. The smallest absolute Gasteiger partial charge is 0.240 e. The third-order valence-corrected chi connectivity index (χ3v) is 4.42. The van der Waals surface area contributed by atoms with E-state index < -0.39 is 15.8 Å². The monoisotopic (exact) mass is 327 g/mol. The fraction of sp³-hybridized carbons (Fsp3) is 0.357. The largest absolute Gasteiger partial charge is 0.491 e. The quantitative estimate of drug-likeness (QED) is 0.750. The lowest BCUT2D eigenvalue weighted by Gasteiger charge is -2.10. The number of sulfonamides is 1. The zero-order chi connectivity index (χ0) is 16.0. The molecule has 22 heavy (non-hydrogen) atoms. The maximum Gasteiger partial charge on any atom is 0.240 e. The highest BCUT2D eigenvalue weighted by atomic mass is 32.2. The summed E-state index contributed by atoms with van der Waals surface area (Å²) in [4.78, 5) is 3.89. The van der Waals surface area contributed by atoms with Crippen molar-refractivity contribution in [1.29, 1.82) is 0 Å². The van der Waals surface area contributed by atoms with Gasteiger partial charge in [-0.1, -0.05) is 0 Å². The Hall–Kier alpha value is -1.93. The third kappa shape index (κ3) is 4.28. The van der Waals surface area contributed by atoms with Gasteiger partial charge in [0.2, 0.25) is 10.0 Å². The number of aryl methyl sites for hydroxylation is 1. The molecule has 1 N–H and O–H groups in total. The van der Waals surface area contributed by atoms with Crippen LogP contribution in [0.5, 0.6) is 5.75 Å². The van der Waals surface area contributed by atoms with Gasteiger partial charge in [0.05, 0.1) is 17.8 Å². The summed E-state index contributed by atoms with van der Waals surface area (Å²) in [5.41, 5.74) is 0. The van der Waals surface area contributed by atoms with Gasteiger partial charge in [-0.05, 0) is 25.5 Å². The van der Waals surface area contributed by atoms with Gasteiger partial charge in [-0.2, -0.15) is 0 Å². The standard InChI is InChI=1S/C14H18FN3O3S/c1-2-21-14-10-12(4-5-13(14)15)22(19,20)17-6-3-8-18-9-7-16-11-18/h4-5,7,9-11,17H,2-3,6,8H2,1H3. The topological polar surface area (TPSA) is 73.2 Å². The first kappa shape index (κ1) is 16.4. The number of imidazole rings is 1. The van der Waals surface area contributed by atoms with Crippen molar-refractivity contribution in [2.45, 2.75) is 24.8 Å². The first-order valence-corrected chi connectivity index (χ1v) is 8.39. The summed E-state index contributed by atoms with van der Waals surface area (Å²) >= 11 is 0. The molecule has 2 rings (SSSR count). The SMILES string of the molecule is CCOc1cc(S(=O)(=O)NCCCn2ccnc2)ccc1F. The molecule has 0 bridgehead atoms. The maximum atomic E-state index is 13.5. The van der Waals surface area contributed by atoms with Crippen molar-refractivity contribution in [3.8, 4) is 5.75 Å². The van der Waals surface area contributed by atoms with Gasteiger partial charge in [0.1, 0.15) is 0 Å². The van der Waals surface area contributed by atoms with Crippen LogP contribution in [-0.2, 0) is 16.6 Å². The number of halogens is 1. The first-order chi connectivity index (χ1) is 10.5. The molecule has 0 aliphatic heterocycles. The van der Waals surface area contributed by atoms with Crippen molar-refractivity contribution in [3.63, 3.8) is 0 Å². The molecule has 0 amide bonds. The van der Waals surface area contributed by atoms with Crippen LogP contribution >= 0.6 is 0 Å². The van der Waals surface area contributed by atoms with Crippen LogP contribution in [0, 0.1) is 5.82 Å².